The Hall–Kier alpha value is -1.22. The maximum Gasteiger partial charge on any atom is 0.161 e. The quantitative estimate of drug-likeness (QED) is 0.805. The van der Waals surface area contributed by atoms with Crippen molar-refractivity contribution < 1.29 is 9.47 Å². The zero-order chi connectivity index (χ0) is 12.0. The van der Waals surface area contributed by atoms with Gasteiger partial charge in [0.25, 0.3) is 0 Å². The van der Waals surface area contributed by atoms with Gasteiger partial charge < -0.3 is 15.2 Å². The minimum atomic E-state index is 0.0506. The lowest BCUT2D eigenvalue weighted by Gasteiger charge is -2.17. The summed E-state index contributed by atoms with van der Waals surface area (Å²) in [5.74, 6) is 1.96. The highest BCUT2D eigenvalue weighted by molar-refractivity contribution is 5.39. The summed E-state index contributed by atoms with van der Waals surface area (Å²) in [5.41, 5.74) is 5.92. The summed E-state index contributed by atoms with van der Waals surface area (Å²) in [4.78, 5) is 0. The van der Waals surface area contributed by atoms with E-state index in [1.165, 1.54) is 0 Å². The number of nitrogens with two attached hydrogens (primary N) is 1. The summed E-state index contributed by atoms with van der Waals surface area (Å²) in [6, 6.07) is 7.71. The summed E-state index contributed by atoms with van der Waals surface area (Å²) in [6.45, 7) is 7.28. The monoisotopic (exact) mass is 223 g/mol. The van der Waals surface area contributed by atoms with E-state index in [2.05, 4.69) is 13.8 Å². The van der Waals surface area contributed by atoms with E-state index < -0.39 is 0 Å². The molecule has 0 aliphatic heterocycles. The number of hydrogen-bond acceptors (Lipinski definition) is 3. The number of rotatable bonds is 6. The fraction of sp³-hybridized carbons (Fsp3) is 0.538. The number of benzene rings is 1. The van der Waals surface area contributed by atoms with Crippen molar-refractivity contribution in [2.75, 3.05) is 13.2 Å². The summed E-state index contributed by atoms with van der Waals surface area (Å²) >= 11 is 0. The first-order chi connectivity index (χ1) is 7.65. The van der Waals surface area contributed by atoms with Crippen LogP contribution in [0.5, 0.6) is 11.5 Å². The minimum Gasteiger partial charge on any atom is -0.490 e. The average molecular weight is 223 g/mol. The van der Waals surface area contributed by atoms with Crippen LogP contribution in [0.2, 0.25) is 0 Å². The molecular formula is C13H21NO2. The fourth-order valence-corrected chi connectivity index (χ4v) is 1.22. The summed E-state index contributed by atoms with van der Waals surface area (Å²) < 4.78 is 11.1. The van der Waals surface area contributed by atoms with Gasteiger partial charge in [0.2, 0.25) is 0 Å². The second kappa shape index (κ2) is 6.38. The normalized spacial score (nSPS) is 12.6. The van der Waals surface area contributed by atoms with Gasteiger partial charge in [-0.1, -0.05) is 26.0 Å². The largest absolute Gasteiger partial charge is 0.490 e. The highest BCUT2D eigenvalue weighted by atomic mass is 16.5. The van der Waals surface area contributed by atoms with E-state index in [4.69, 9.17) is 15.2 Å². The van der Waals surface area contributed by atoms with Crippen LogP contribution in [-0.2, 0) is 0 Å². The van der Waals surface area contributed by atoms with Crippen LogP contribution in [0.25, 0.3) is 0 Å². The SMILES string of the molecule is CCOc1ccccc1OC[C@@H](N)C(C)C. The van der Waals surface area contributed by atoms with Crippen molar-refractivity contribution in [2.24, 2.45) is 11.7 Å². The van der Waals surface area contributed by atoms with E-state index in [1.807, 2.05) is 31.2 Å². The van der Waals surface area contributed by atoms with Crippen LogP contribution in [0.3, 0.4) is 0 Å². The smallest absolute Gasteiger partial charge is 0.161 e. The second-order valence-electron chi connectivity index (χ2n) is 4.10. The van der Waals surface area contributed by atoms with E-state index in [9.17, 15) is 0 Å². The Morgan fingerprint density at radius 2 is 1.69 bits per heavy atom. The molecule has 0 heterocycles. The van der Waals surface area contributed by atoms with Crippen LogP contribution in [0, 0.1) is 5.92 Å². The zero-order valence-corrected chi connectivity index (χ0v) is 10.3. The first-order valence-corrected chi connectivity index (χ1v) is 5.75. The van der Waals surface area contributed by atoms with E-state index in [0.717, 1.165) is 11.5 Å². The fourth-order valence-electron chi connectivity index (χ4n) is 1.22. The number of para-hydroxylation sites is 2. The molecule has 0 bridgehead atoms. The lowest BCUT2D eigenvalue weighted by atomic mass is 10.1. The standard InChI is InChI=1S/C13H21NO2/c1-4-15-12-7-5-6-8-13(12)16-9-11(14)10(2)3/h5-8,10-11H,4,9,14H2,1-3H3/t11-/m1/s1. The molecule has 0 saturated carbocycles. The third-order valence-corrected chi connectivity index (χ3v) is 2.44. The number of hydrogen-bond donors (Lipinski definition) is 1. The Morgan fingerprint density at radius 1 is 1.12 bits per heavy atom. The molecule has 0 aliphatic rings. The Morgan fingerprint density at radius 3 is 2.19 bits per heavy atom. The third kappa shape index (κ3) is 3.74. The van der Waals surface area contributed by atoms with Gasteiger partial charge in [-0.25, -0.2) is 0 Å². The van der Waals surface area contributed by atoms with Crippen LogP contribution >= 0.6 is 0 Å². The van der Waals surface area contributed by atoms with Crippen LogP contribution in [0.1, 0.15) is 20.8 Å². The van der Waals surface area contributed by atoms with Crippen molar-refractivity contribution in [3.8, 4) is 11.5 Å². The molecule has 1 atom stereocenters. The minimum absolute atomic E-state index is 0.0506. The Bertz CT molecular complexity index is 313. The predicted octanol–water partition coefficient (Wildman–Crippen LogP) is 2.45. The van der Waals surface area contributed by atoms with Crippen molar-refractivity contribution in [3.05, 3.63) is 24.3 Å². The molecule has 1 rings (SSSR count). The number of ether oxygens (including phenoxy) is 2. The maximum absolute atomic E-state index is 5.92. The summed E-state index contributed by atoms with van der Waals surface area (Å²) in [6.07, 6.45) is 0. The Kier molecular flexibility index (Phi) is 5.12. The summed E-state index contributed by atoms with van der Waals surface area (Å²) in [5, 5.41) is 0. The highest BCUT2D eigenvalue weighted by Crippen LogP contribution is 2.26. The van der Waals surface area contributed by atoms with E-state index in [1.54, 1.807) is 0 Å². The average Bonchev–Trinajstić information content (AvgIpc) is 2.27. The van der Waals surface area contributed by atoms with Gasteiger partial charge in [0.1, 0.15) is 6.61 Å². The van der Waals surface area contributed by atoms with Gasteiger partial charge in [-0.2, -0.15) is 0 Å². The van der Waals surface area contributed by atoms with Crippen molar-refractivity contribution in [1.29, 1.82) is 0 Å². The molecule has 1 aromatic carbocycles. The van der Waals surface area contributed by atoms with Crippen molar-refractivity contribution >= 4 is 0 Å². The van der Waals surface area contributed by atoms with E-state index in [0.29, 0.717) is 19.1 Å². The van der Waals surface area contributed by atoms with Crippen LogP contribution in [0.15, 0.2) is 24.3 Å². The molecule has 2 N–H and O–H groups in total. The van der Waals surface area contributed by atoms with Gasteiger partial charge in [0.05, 0.1) is 6.61 Å². The molecule has 0 saturated heterocycles. The van der Waals surface area contributed by atoms with Gasteiger partial charge in [-0.05, 0) is 25.0 Å². The first-order valence-electron chi connectivity index (χ1n) is 5.75. The van der Waals surface area contributed by atoms with Gasteiger partial charge in [-0.3, -0.25) is 0 Å². The van der Waals surface area contributed by atoms with Gasteiger partial charge in [0, 0.05) is 6.04 Å². The maximum atomic E-state index is 5.92. The van der Waals surface area contributed by atoms with Gasteiger partial charge >= 0.3 is 0 Å². The predicted molar refractivity (Wildman–Crippen MR) is 65.9 cm³/mol. The molecule has 0 unspecified atom stereocenters. The van der Waals surface area contributed by atoms with Crippen LogP contribution in [-0.4, -0.2) is 19.3 Å². The lowest BCUT2D eigenvalue weighted by Crippen LogP contribution is -2.33. The third-order valence-electron chi connectivity index (χ3n) is 2.44. The van der Waals surface area contributed by atoms with Crippen molar-refractivity contribution in [1.82, 2.24) is 0 Å². The molecule has 0 amide bonds. The molecule has 0 fully saturated rings. The molecule has 3 heteroatoms. The molecule has 3 nitrogen and oxygen atoms in total. The van der Waals surface area contributed by atoms with Gasteiger partial charge in [-0.15, -0.1) is 0 Å². The van der Waals surface area contributed by atoms with Crippen LogP contribution in [0.4, 0.5) is 0 Å². The molecule has 16 heavy (non-hydrogen) atoms. The topological polar surface area (TPSA) is 44.5 Å². The molecule has 1 aromatic rings. The van der Waals surface area contributed by atoms with E-state index in [-0.39, 0.29) is 6.04 Å². The van der Waals surface area contributed by atoms with Gasteiger partial charge in [0.15, 0.2) is 11.5 Å². The molecule has 0 aliphatic carbocycles. The van der Waals surface area contributed by atoms with E-state index >= 15 is 0 Å². The lowest BCUT2D eigenvalue weighted by molar-refractivity contribution is 0.241. The summed E-state index contributed by atoms with van der Waals surface area (Å²) in [7, 11) is 0. The second-order valence-corrected chi connectivity index (χ2v) is 4.10. The molecule has 0 aromatic heterocycles. The zero-order valence-electron chi connectivity index (χ0n) is 10.3. The van der Waals surface area contributed by atoms with Crippen molar-refractivity contribution in [3.63, 3.8) is 0 Å². The molecule has 0 spiro atoms. The first kappa shape index (κ1) is 12.8. The molecule has 0 radical (unpaired) electrons. The van der Waals surface area contributed by atoms with Crippen molar-refractivity contribution in [2.45, 2.75) is 26.8 Å². The Balaban J connectivity index is 2.58. The molecular weight excluding hydrogens is 202 g/mol. The molecule has 90 valence electrons. The highest BCUT2D eigenvalue weighted by Gasteiger charge is 2.10. The van der Waals surface area contributed by atoms with Crippen LogP contribution < -0.4 is 15.2 Å². The Labute approximate surface area is 97.6 Å².